The van der Waals surface area contributed by atoms with Gasteiger partial charge in [-0.05, 0) is 31.4 Å². The van der Waals surface area contributed by atoms with Crippen molar-refractivity contribution in [3.63, 3.8) is 0 Å². The van der Waals surface area contributed by atoms with E-state index in [1.807, 2.05) is 19.1 Å². The Hall–Kier alpha value is -2.83. The molecule has 1 unspecified atom stereocenters. The first-order valence-corrected chi connectivity index (χ1v) is 9.98. The summed E-state index contributed by atoms with van der Waals surface area (Å²) in [5.74, 6) is 2.06. The number of nitrogens with zero attached hydrogens (tertiary/aromatic N) is 3. The van der Waals surface area contributed by atoms with Crippen molar-refractivity contribution < 1.29 is 14.0 Å². The first-order valence-electron chi connectivity index (χ1n) is 9.98. The molecule has 29 heavy (non-hydrogen) atoms. The third-order valence-corrected chi connectivity index (χ3v) is 5.66. The van der Waals surface area contributed by atoms with Crippen LogP contribution in [0.1, 0.15) is 30.4 Å². The molecule has 0 saturated heterocycles. The molecule has 2 aliphatic heterocycles. The van der Waals surface area contributed by atoms with Crippen molar-refractivity contribution in [3.8, 4) is 5.75 Å². The summed E-state index contributed by atoms with van der Waals surface area (Å²) in [6.07, 6.45) is 4.81. The van der Waals surface area contributed by atoms with Crippen molar-refractivity contribution in [3.05, 3.63) is 40.9 Å². The summed E-state index contributed by atoms with van der Waals surface area (Å²) in [4.78, 5) is 12.8. The maximum atomic E-state index is 7.38. The summed E-state index contributed by atoms with van der Waals surface area (Å²) in [5.41, 5.74) is 3.84. The Morgan fingerprint density at radius 1 is 1.24 bits per heavy atom. The van der Waals surface area contributed by atoms with E-state index >= 15 is 0 Å². The number of aromatic nitrogens is 2. The fourth-order valence-corrected chi connectivity index (χ4v) is 4.17. The number of hydrogen-bond donors (Lipinski definition) is 2. The van der Waals surface area contributed by atoms with Crippen LogP contribution in [0.15, 0.2) is 18.3 Å². The second kappa shape index (κ2) is 7.54. The molecule has 1 aromatic carbocycles. The smallest absolute Gasteiger partial charge is 0.492 e. The van der Waals surface area contributed by atoms with E-state index in [9.17, 15) is 0 Å². The fraction of sp³-hybridized carbons (Fsp3) is 0.450. The molecule has 1 aromatic heterocycles. The molecule has 0 bridgehead atoms. The largest absolute Gasteiger partial charge is 0.498 e. The molecule has 9 heteroatoms. The first-order chi connectivity index (χ1) is 14.2. The van der Waals surface area contributed by atoms with Gasteiger partial charge in [-0.25, -0.2) is 11.6 Å². The van der Waals surface area contributed by atoms with Crippen LogP contribution in [0.3, 0.4) is 0 Å². The second-order valence-corrected chi connectivity index (χ2v) is 7.64. The van der Waals surface area contributed by atoms with E-state index in [-0.39, 0.29) is 19.2 Å². The van der Waals surface area contributed by atoms with Gasteiger partial charge in [0.05, 0.1) is 13.2 Å². The van der Waals surface area contributed by atoms with Gasteiger partial charge in [-0.3, -0.25) is 0 Å². The molecular formula is C20H22BN5O3. The number of rotatable bonds is 4. The summed E-state index contributed by atoms with van der Waals surface area (Å²) in [7, 11) is -0.343. The standard InChI is InChI=1S/C20H22BN5O3/c1-12-10-23-20(26-19(12)25-16-5-3-4-15(16)22-2)24-14-8-13-11-29-21-18(13)17(9-14)27-6-7-28-21/h8-10,15-16H,3-7,11H2,1H3,(H2,23,24,25,26)/t15-,16?/m1/s1. The van der Waals surface area contributed by atoms with Crippen LogP contribution < -0.4 is 20.8 Å². The summed E-state index contributed by atoms with van der Waals surface area (Å²) in [5, 5.41) is 6.74. The van der Waals surface area contributed by atoms with Crippen LogP contribution in [0.25, 0.3) is 4.85 Å². The van der Waals surface area contributed by atoms with Crippen LogP contribution in [0.2, 0.25) is 0 Å². The molecule has 0 radical (unpaired) electrons. The quantitative estimate of drug-likeness (QED) is 0.612. The second-order valence-electron chi connectivity index (χ2n) is 7.64. The van der Waals surface area contributed by atoms with Crippen molar-refractivity contribution in [2.75, 3.05) is 23.8 Å². The lowest BCUT2D eigenvalue weighted by atomic mass is 9.78. The topological polar surface area (TPSA) is 81.9 Å². The van der Waals surface area contributed by atoms with Gasteiger partial charge in [-0.2, -0.15) is 4.98 Å². The van der Waals surface area contributed by atoms with Gasteiger partial charge in [0.1, 0.15) is 24.2 Å². The highest BCUT2D eigenvalue weighted by Gasteiger charge is 2.36. The molecule has 0 amide bonds. The summed E-state index contributed by atoms with van der Waals surface area (Å²) in [6.45, 7) is 10.8. The Bertz CT molecular complexity index is 979. The van der Waals surface area contributed by atoms with Crippen molar-refractivity contribution >= 4 is 30.0 Å². The number of anilines is 3. The summed E-state index contributed by atoms with van der Waals surface area (Å²) < 4.78 is 17.2. The van der Waals surface area contributed by atoms with Gasteiger partial charge in [0.2, 0.25) is 12.0 Å². The molecule has 0 spiro atoms. The van der Waals surface area contributed by atoms with E-state index < -0.39 is 0 Å². The molecule has 1 fully saturated rings. The molecule has 1 saturated carbocycles. The molecule has 8 nitrogen and oxygen atoms in total. The van der Waals surface area contributed by atoms with Gasteiger partial charge in [0, 0.05) is 35.4 Å². The SMILES string of the molecule is [C-]#[N+][C@@H]1CCCC1Nc1nc(Nc2cc3c4c(c2)OCCOB4OC3)ncc1C. The van der Waals surface area contributed by atoms with Gasteiger partial charge in [0.15, 0.2) is 0 Å². The lowest BCUT2D eigenvalue weighted by Gasteiger charge is -2.16. The molecule has 148 valence electrons. The Morgan fingerprint density at radius 2 is 2.17 bits per heavy atom. The Balaban J connectivity index is 1.39. The zero-order valence-electron chi connectivity index (χ0n) is 16.3. The highest BCUT2D eigenvalue weighted by molar-refractivity contribution is 6.64. The molecule has 1 aliphatic carbocycles. The predicted octanol–water partition coefficient (Wildman–Crippen LogP) is 2.42. The van der Waals surface area contributed by atoms with Gasteiger partial charge >= 0.3 is 7.12 Å². The number of hydrogen-bond acceptors (Lipinski definition) is 7. The Labute approximate surface area is 169 Å². The van der Waals surface area contributed by atoms with Gasteiger partial charge < -0.3 is 29.5 Å². The van der Waals surface area contributed by atoms with E-state index in [1.54, 1.807) is 6.20 Å². The minimum atomic E-state index is -0.343. The molecule has 2 aromatic rings. The maximum Gasteiger partial charge on any atom is 0.498 e. The molecule has 5 rings (SSSR count). The average molecular weight is 391 g/mol. The maximum absolute atomic E-state index is 7.38. The van der Waals surface area contributed by atoms with Crippen LogP contribution >= 0.6 is 0 Å². The zero-order chi connectivity index (χ0) is 19.8. The predicted molar refractivity (Wildman–Crippen MR) is 110 cm³/mol. The van der Waals surface area contributed by atoms with Crippen molar-refractivity contribution in [1.82, 2.24) is 9.97 Å². The van der Waals surface area contributed by atoms with Crippen LogP contribution in [0, 0.1) is 13.5 Å². The lowest BCUT2D eigenvalue weighted by molar-refractivity contribution is 0.180. The first kappa shape index (κ1) is 18.2. The number of benzene rings is 1. The van der Waals surface area contributed by atoms with Gasteiger partial charge in [-0.1, -0.05) is 0 Å². The van der Waals surface area contributed by atoms with E-state index in [0.29, 0.717) is 25.8 Å². The van der Waals surface area contributed by atoms with Gasteiger partial charge in [-0.15, -0.1) is 0 Å². The average Bonchev–Trinajstić information content (AvgIpc) is 3.28. The lowest BCUT2D eigenvalue weighted by Crippen LogP contribution is -2.31. The van der Waals surface area contributed by atoms with Crippen LogP contribution in [0.4, 0.5) is 17.5 Å². The normalized spacial score (nSPS) is 22.4. The van der Waals surface area contributed by atoms with Crippen LogP contribution in [-0.4, -0.2) is 42.4 Å². The third-order valence-electron chi connectivity index (χ3n) is 5.66. The van der Waals surface area contributed by atoms with E-state index in [2.05, 4.69) is 25.4 Å². The van der Waals surface area contributed by atoms with Crippen LogP contribution in [0.5, 0.6) is 5.75 Å². The van der Waals surface area contributed by atoms with Crippen molar-refractivity contribution in [1.29, 1.82) is 0 Å². The Morgan fingerprint density at radius 3 is 3.07 bits per heavy atom. The molecule has 2 N–H and O–H groups in total. The van der Waals surface area contributed by atoms with Gasteiger partial charge in [0.25, 0.3) is 0 Å². The molecule has 3 aliphatic rings. The number of aryl methyl sites for hydroxylation is 1. The van der Waals surface area contributed by atoms with E-state index in [1.165, 1.54) is 0 Å². The van der Waals surface area contributed by atoms with E-state index in [0.717, 1.165) is 53.1 Å². The van der Waals surface area contributed by atoms with Crippen LogP contribution in [-0.2, 0) is 15.9 Å². The minimum Gasteiger partial charge on any atom is -0.492 e. The monoisotopic (exact) mass is 391 g/mol. The summed E-state index contributed by atoms with van der Waals surface area (Å²) >= 11 is 0. The van der Waals surface area contributed by atoms with E-state index in [4.69, 9.17) is 20.6 Å². The molecule has 2 atom stereocenters. The Kier molecular flexibility index (Phi) is 4.74. The molecule has 3 heterocycles. The fourth-order valence-electron chi connectivity index (χ4n) is 4.17. The third kappa shape index (κ3) is 3.50. The molecular weight excluding hydrogens is 369 g/mol. The van der Waals surface area contributed by atoms with Crippen molar-refractivity contribution in [2.24, 2.45) is 0 Å². The minimum absolute atomic E-state index is 0.0156. The highest BCUT2D eigenvalue weighted by Crippen LogP contribution is 2.29. The number of ether oxygens (including phenoxy) is 1. The number of nitrogens with one attached hydrogen (secondary N) is 2. The highest BCUT2D eigenvalue weighted by atomic mass is 16.6. The summed E-state index contributed by atoms with van der Waals surface area (Å²) in [6, 6.07) is 4.13. The van der Waals surface area contributed by atoms with Crippen molar-refractivity contribution in [2.45, 2.75) is 44.9 Å². The zero-order valence-corrected chi connectivity index (χ0v) is 16.3.